The predicted octanol–water partition coefficient (Wildman–Crippen LogP) is 3.79. The average molecular weight is 675 g/mol. The number of nitrogens with one attached hydrogen (secondary N) is 2. The van der Waals surface area contributed by atoms with Gasteiger partial charge in [0.1, 0.15) is 22.7 Å². The highest BCUT2D eigenvalue weighted by Gasteiger charge is 2.52. The van der Waals surface area contributed by atoms with Gasteiger partial charge in [-0.15, -0.1) is 0 Å². The molecule has 2 aromatic carbocycles. The lowest BCUT2D eigenvalue weighted by Crippen LogP contribution is -2.59. The van der Waals surface area contributed by atoms with E-state index in [0.717, 1.165) is 34.4 Å². The second kappa shape index (κ2) is 14.0. The molecule has 4 aromatic rings. The number of carbonyl (C=O) groups is 1. The van der Waals surface area contributed by atoms with Crippen molar-refractivity contribution in [3.05, 3.63) is 143 Å². The van der Waals surface area contributed by atoms with Crippen molar-refractivity contribution in [1.82, 2.24) is 39.5 Å². The van der Waals surface area contributed by atoms with Crippen LogP contribution in [0.15, 0.2) is 97.4 Å². The molecular weight excluding hydrogens is 628 g/mol. The minimum atomic E-state index is -1.38. The number of imidazole rings is 2. The summed E-state index contributed by atoms with van der Waals surface area (Å²) in [5, 5.41) is 28.2. The Bertz CT molecular complexity index is 1870. The molecule has 2 atom stereocenters. The van der Waals surface area contributed by atoms with Crippen LogP contribution >= 0.6 is 0 Å². The van der Waals surface area contributed by atoms with Gasteiger partial charge in [0.15, 0.2) is 0 Å². The van der Waals surface area contributed by atoms with Crippen LogP contribution in [0.3, 0.4) is 0 Å². The van der Waals surface area contributed by atoms with Gasteiger partial charge in [0.25, 0.3) is 0 Å². The van der Waals surface area contributed by atoms with E-state index in [1.807, 2.05) is 146 Å². The van der Waals surface area contributed by atoms with Crippen LogP contribution in [0.5, 0.6) is 0 Å². The monoisotopic (exact) mass is 674 g/mol. The predicted molar refractivity (Wildman–Crippen MR) is 194 cm³/mol. The number of aliphatic hydroxyl groups is 2. The molecule has 0 spiro atoms. The zero-order valence-corrected chi connectivity index (χ0v) is 29.6. The molecule has 260 valence electrons. The van der Waals surface area contributed by atoms with Crippen LogP contribution in [0.4, 0.5) is 0 Å². The third-order valence-electron chi connectivity index (χ3n) is 9.28. The number of dihydropyridines is 2. The summed E-state index contributed by atoms with van der Waals surface area (Å²) in [6.07, 6.45) is 14.9. The molecule has 0 amide bonds. The number of aliphatic hydroxyl groups excluding tert-OH is 2. The average Bonchev–Trinajstić information content (AvgIpc) is 3.60. The molecule has 0 saturated carbocycles. The molecule has 4 N–H and O–H groups in total. The lowest BCUT2D eigenvalue weighted by molar-refractivity contribution is -0.128. The highest BCUT2D eigenvalue weighted by atomic mass is 16.3. The quantitative estimate of drug-likeness (QED) is 0.178. The fraction of sp³-hybridized carbons (Fsp3) is 0.308. The zero-order chi connectivity index (χ0) is 35.6. The number of aryl methyl sites for hydroxylation is 2. The van der Waals surface area contributed by atoms with Gasteiger partial charge in [-0.3, -0.25) is 13.9 Å². The first-order valence-corrected chi connectivity index (χ1v) is 16.7. The van der Waals surface area contributed by atoms with Gasteiger partial charge in [-0.05, 0) is 90.9 Å². The van der Waals surface area contributed by atoms with E-state index in [4.69, 9.17) is 9.97 Å². The van der Waals surface area contributed by atoms with Crippen LogP contribution in [0, 0.1) is 13.8 Å². The van der Waals surface area contributed by atoms with Crippen LogP contribution < -0.4 is 10.6 Å². The van der Waals surface area contributed by atoms with Crippen LogP contribution in [-0.4, -0.2) is 73.1 Å². The maximum absolute atomic E-state index is 15.9. The van der Waals surface area contributed by atoms with Crippen LogP contribution in [0.1, 0.15) is 45.6 Å². The molecule has 11 nitrogen and oxygen atoms in total. The van der Waals surface area contributed by atoms with E-state index in [-0.39, 0.29) is 19.0 Å². The van der Waals surface area contributed by atoms with Gasteiger partial charge in [-0.2, -0.15) is 0 Å². The Balaban J connectivity index is 1.62. The highest BCUT2D eigenvalue weighted by Crippen LogP contribution is 2.42. The van der Waals surface area contributed by atoms with Crippen LogP contribution in [-0.2, 0) is 42.2 Å². The van der Waals surface area contributed by atoms with Crippen molar-refractivity contribution < 1.29 is 15.0 Å². The largest absolute Gasteiger partial charge is 0.390 e. The maximum atomic E-state index is 15.9. The van der Waals surface area contributed by atoms with E-state index in [0.29, 0.717) is 35.6 Å². The number of benzene rings is 2. The van der Waals surface area contributed by atoms with Crippen molar-refractivity contribution in [2.24, 2.45) is 0 Å². The minimum absolute atomic E-state index is 0.181. The third kappa shape index (κ3) is 5.92. The molecule has 2 aromatic heterocycles. The van der Waals surface area contributed by atoms with Crippen molar-refractivity contribution in [2.45, 2.75) is 51.2 Å². The smallest absolute Gasteiger partial charge is 0.200 e. The Hall–Kier alpha value is -5.07. The summed E-state index contributed by atoms with van der Waals surface area (Å²) >= 11 is 0. The molecule has 2 aliphatic rings. The standard InChI is InChI=1S/C39H46N8O3/c1-27-33(25-48)46(35(42-27)23-44(3)4)31-17-9-7-15-29(31)38(19-11-13-21-40-38)37(50)39(20-12-14-22-41-39)30-16-8-10-18-32(30)47-34(26-49)28(2)43-36(47)24-45(5)6/h7-22,40-41,48-49H,23-26H2,1-6H3. The number of aromatic nitrogens is 4. The topological polar surface area (TPSA) is 124 Å². The number of nitrogens with zero attached hydrogens (tertiary/aromatic N) is 6. The van der Waals surface area contributed by atoms with Crippen molar-refractivity contribution in [3.8, 4) is 11.4 Å². The minimum Gasteiger partial charge on any atom is -0.390 e. The SMILES string of the molecule is Cc1nc(CN(C)C)n(-c2ccccc2C2(C(=O)C3(c4ccccc4-n4c(CN(C)C)nc(C)c4CO)C=CC=CN3)C=CC=CN2)c1CO. The van der Waals surface area contributed by atoms with Crippen molar-refractivity contribution in [2.75, 3.05) is 28.2 Å². The summed E-state index contributed by atoms with van der Waals surface area (Å²) in [5.74, 6) is 1.32. The van der Waals surface area contributed by atoms with E-state index in [9.17, 15) is 10.2 Å². The van der Waals surface area contributed by atoms with E-state index >= 15 is 4.79 Å². The first-order valence-electron chi connectivity index (χ1n) is 16.7. The maximum Gasteiger partial charge on any atom is 0.200 e. The summed E-state index contributed by atoms with van der Waals surface area (Å²) in [5.41, 5.74) is 2.87. The van der Waals surface area contributed by atoms with E-state index in [1.54, 1.807) is 12.4 Å². The van der Waals surface area contributed by atoms with E-state index < -0.39 is 11.1 Å². The molecule has 0 saturated heterocycles. The summed E-state index contributed by atoms with van der Waals surface area (Å²) in [6, 6.07) is 15.6. The van der Waals surface area contributed by atoms with E-state index in [2.05, 4.69) is 10.6 Å². The lowest BCUT2D eigenvalue weighted by Gasteiger charge is -2.43. The molecule has 0 aliphatic carbocycles. The molecule has 0 bridgehead atoms. The number of para-hydroxylation sites is 2. The fourth-order valence-corrected chi connectivity index (χ4v) is 7.11. The molecule has 50 heavy (non-hydrogen) atoms. The number of hydrogen-bond acceptors (Lipinski definition) is 9. The summed E-state index contributed by atoms with van der Waals surface area (Å²) in [7, 11) is 7.90. The highest BCUT2D eigenvalue weighted by molar-refractivity contribution is 6.03. The van der Waals surface area contributed by atoms with Gasteiger partial charge in [0, 0.05) is 11.1 Å². The van der Waals surface area contributed by atoms with Gasteiger partial charge in [0.05, 0.1) is 60.5 Å². The number of allylic oxidation sites excluding steroid dienone is 4. The molecule has 2 unspecified atom stereocenters. The van der Waals surface area contributed by atoms with Gasteiger partial charge in [0.2, 0.25) is 5.78 Å². The van der Waals surface area contributed by atoms with Crippen LogP contribution in [0.2, 0.25) is 0 Å². The molecule has 2 aliphatic heterocycles. The van der Waals surface area contributed by atoms with Gasteiger partial charge in [-0.25, -0.2) is 9.97 Å². The molecule has 6 rings (SSSR count). The number of hydrogen-bond donors (Lipinski definition) is 4. The van der Waals surface area contributed by atoms with Gasteiger partial charge >= 0.3 is 0 Å². The van der Waals surface area contributed by atoms with Crippen molar-refractivity contribution in [1.29, 1.82) is 0 Å². The lowest BCUT2D eigenvalue weighted by atomic mass is 9.70. The molecule has 4 heterocycles. The Morgan fingerprint density at radius 3 is 1.42 bits per heavy atom. The van der Waals surface area contributed by atoms with Gasteiger partial charge in [-0.1, -0.05) is 48.6 Å². The first-order chi connectivity index (χ1) is 24.1. The second-order valence-corrected chi connectivity index (χ2v) is 13.3. The number of Topliss-reactive ketones (excluding diaryl/α,β-unsaturated/α-hetero) is 1. The molecule has 11 heteroatoms. The van der Waals surface area contributed by atoms with Crippen molar-refractivity contribution >= 4 is 5.78 Å². The number of rotatable bonds is 12. The van der Waals surface area contributed by atoms with Crippen molar-refractivity contribution in [3.63, 3.8) is 0 Å². The fourth-order valence-electron chi connectivity index (χ4n) is 7.11. The molecule has 0 fully saturated rings. The number of ketones is 1. The van der Waals surface area contributed by atoms with E-state index in [1.165, 1.54) is 0 Å². The summed E-state index contributed by atoms with van der Waals surface area (Å²) in [6.45, 7) is 4.40. The number of carbonyl (C=O) groups excluding carboxylic acids is 1. The first kappa shape index (κ1) is 34.8. The summed E-state index contributed by atoms with van der Waals surface area (Å²) < 4.78 is 3.96. The Morgan fingerprint density at radius 2 is 1.08 bits per heavy atom. The third-order valence-corrected chi connectivity index (χ3v) is 9.28. The van der Waals surface area contributed by atoms with Crippen LogP contribution in [0.25, 0.3) is 11.4 Å². The summed E-state index contributed by atoms with van der Waals surface area (Å²) in [4.78, 5) is 29.7. The van der Waals surface area contributed by atoms with Gasteiger partial charge < -0.3 is 30.6 Å². The molecular formula is C39H46N8O3. The second-order valence-electron chi connectivity index (χ2n) is 13.3. The Labute approximate surface area is 293 Å². The zero-order valence-electron chi connectivity index (χ0n) is 29.6. The normalized spacial score (nSPS) is 19.7. The Morgan fingerprint density at radius 1 is 0.680 bits per heavy atom. The Kier molecular flexibility index (Phi) is 9.77. The molecule has 0 radical (unpaired) electrons.